The molecule has 0 saturated heterocycles. The van der Waals surface area contributed by atoms with Gasteiger partial charge in [-0.3, -0.25) is 13.9 Å². The fraction of sp³-hybridized carbons (Fsp3) is 0.259. The van der Waals surface area contributed by atoms with Gasteiger partial charge in [0.15, 0.2) is 0 Å². The maximum Gasteiger partial charge on any atom is 0.264 e. The SMILES string of the molecule is CNC(=O)C(C)N(Cc1cccc(C)c1)C(=O)CN(c1cccc(Cl)c1C)S(=O)(=O)c1ccccc1. The van der Waals surface area contributed by atoms with Crippen molar-refractivity contribution >= 4 is 39.1 Å². The molecule has 1 N–H and O–H groups in total. The van der Waals surface area contributed by atoms with Crippen LogP contribution in [0.1, 0.15) is 23.6 Å². The van der Waals surface area contributed by atoms with E-state index >= 15 is 0 Å². The van der Waals surface area contributed by atoms with Crippen molar-refractivity contribution in [2.45, 2.75) is 38.3 Å². The number of likely N-dealkylation sites (N-methyl/N-ethyl adjacent to an activating group) is 1. The summed E-state index contributed by atoms with van der Waals surface area (Å²) in [5.41, 5.74) is 2.66. The number of nitrogens with zero attached hydrogens (tertiary/aromatic N) is 2. The third kappa shape index (κ3) is 6.06. The Bertz CT molecular complexity index is 1350. The van der Waals surface area contributed by atoms with Gasteiger partial charge < -0.3 is 10.2 Å². The van der Waals surface area contributed by atoms with Gasteiger partial charge in [-0.25, -0.2) is 8.42 Å². The number of aryl methyl sites for hydroxylation is 1. The maximum absolute atomic E-state index is 13.8. The van der Waals surface area contributed by atoms with E-state index in [4.69, 9.17) is 11.6 Å². The lowest BCUT2D eigenvalue weighted by Gasteiger charge is -2.32. The van der Waals surface area contributed by atoms with Crippen LogP contribution < -0.4 is 9.62 Å². The number of anilines is 1. The molecule has 0 radical (unpaired) electrons. The van der Waals surface area contributed by atoms with Crippen molar-refractivity contribution in [1.82, 2.24) is 10.2 Å². The molecule has 0 saturated carbocycles. The normalized spacial score (nSPS) is 12.0. The number of halogens is 1. The zero-order valence-electron chi connectivity index (χ0n) is 20.7. The van der Waals surface area contributed by atoms with Crippen LogP contribution in [0, 0.1) is 13.8 Å². The summed E-state index contributed by atoms with van der Waals surface area (Å²) in [6, 6.07) is 19.6. The Labute approximate surface area is 217 Å². The van der Waals surface area contributed by atoms with Crippen LogP contribution in [0.5, 0.6) is 0 Å². The van der Waals surface area contributed by atoms with E-state index < -0.39 is 28.5 Å². The molecule has 3 aromatic carbocycles. The molecule has 3 aromatic rings. The van der Waals surface area contributed by atoms with E-state index in [1.165, 1.54) is 24.1 Å². The van der Waals surface area contributed by atoms with Gasteiger partial charge in [0, 0.05) is 18.6 Å². The highest BCUT2D eigenvalue weighted by Crippen LogP contribution is 2.31. The van der Waals surface area contributed by atoms with E-state index in [1.54, 1.807) is 50.2 Å². The molecule has 0 heterocycles. The Morgan fingerprint density at radius 3 is 2.28 bits per heavy atom. The summed E-state index contributed by atoms with van der Waals surface area (Å²) in [6.45, 7) is 4.89. The van der Waals surface area contributed by atoms with E-state index in [-0.39, 0.29) is 17.3 Å². The number of hydrogen-bond donors (Lipinski definition) is 1. The fourth-order valence-corrected chi connectivity index (χ4v) is 5.56. The zero-order valence-corrected chi connectivity index (χ0v) is 22.3. The summed E-state index contributed by atoms with van der Waals surface area (Å²) in [7, 11) is -2.63. The van der Waals surface area contributed by atoms with Gasteiger partial charge in [0.05, 0.1) is 10.6 Å². The highest BCUT2D eigenvalue weighted by Gasteiger charge is 2.33. The van der Waals surface area contributed by atoms with E-state index in [2.05, 4.69) is 5.32 Å². The van der Waals surface area contributed by atoms with Gasteiger partial charge in [0.1, 0.15) is 12.6 Å². The minimum Gasteiger partial charge on any atom is -0.357 e. The number of carbonyl (C=O) groups is 2. The van der Waals surface area contributed by atoms with Crippen molar-refractivity contribution in [3.63, 3.8) is 0 Å². The number of benzene rings is 3. The van der Waals surface area contributed by atoms with Crippen LogP contribution >= 0.6 is 11.6 Å². The molecular formula is C27H30ClN3O4S. The van der Waals surface area contributed by atoms with E-state index in [9.17, 15) is 18.0 Å². The monoisotopic (exact) mass is 527 g/mol. The van der Waals surface area contributed by atoms with E-state index in [1.807, 2.05) is 31.2 Å². The number of sulfonamides is 1. The molecule has 0 spiro atoms. The number of rotatable bonds is 9. The van der Waals surface area contributed by atoms with Crippen LogP contribution in [0.2, 0.25) is 5.02 Å². The molecule has 36 heavy (non-hydrogen) atoms. The molecule has 190 valence electrons. The minimum absolute atomic E-state index is 0.0433. The molecule has 9 heteroatoms. The third-order valence-corrected chi connectivity index (χ3v) is 8.15. The van der Waals surface area contributed by atoms with Gasteiger partial charge >= 0.3 is 0 Å². The summed E-state index contributed by atoms with van der Waals surface area (Å²) in [6.07, 6.45) is 0. The topological polar surface area (TPSA) is 86.8 Å². The summed E-state index contributed by atoms with van der Waals surface area (Å²) >= 11 is 6.32. The first kappa shape index (κ1) is 27.2. The highest BCUT2D eigenvalue weighted by atomic mass is 35.5. The molecule has 0 aliphatic heterocycles. The smallest absolute Gasteiger partial charge is 0.264 e. The average Bonchev–Trinajstić information content (AvgIpc) is 2.87. The van der Waals surface area contributed by atoms with Crippen LogP contribution in [0.4, 0.5) is 5.69 Å². The maximum atomic E-state index is 13.8. The van der Waals surface area contributed by atoms with Crippen LogP contribution in [0.25, 0.3) is 0 Å². The van der Waals surface area contributed by atoms with Crippen LogP contribution in [-0.2, 0) is 26.2 Å². The van der Waals surface area contributed by atoms with Crippen LogP contribution in [-0.4, -0.2) is 44.8 Å². The molecular weight excluding hydrogens is 498 g/mol. The van der Waals surface area contributed by atoms with E-state index in [0.29, 0.717) is 16.3 Å². The van der Waals surface area contributed by atoms with Crippen LogP contribution in [0.15, 0.2) is 77.7 Å². The predicted octanol–water partition coefficient (Wildman–Crippen LogP) is 4.32. The second kappa shape index (κ2) is 11.6. The molecule has 1 atom stereocenters. The molecule has 0 bridgehead atoms. The van der Waals surface area contributed by atoms with Gasteiger partial charge in [-0.15, -0.1) is 0 Å². The van der Waals surface area contributed by atoms with Gasteiger partial charge in [0.25, 0.3) is 10.0 Å². The number of hydrogen-bond acceptors (Lipinski definition) is 4. The van der Waals surface area contributed by atoms with Crippen molar-refractivity contribution in [2.75, 3.05) is 17.9 Å². The fourth-order valence-electron chi connectivity index (χ4n) is 3.90. The lowest BCUT2D eigenvalue weighted by atomic mass is 10.1. The second-order valence-electron chi connectivity index (χ2n) is 8.51. The first-order valence-electron chi connectivity index (χ1n) is 11.5. The van der Waals surface area contributed by atoms with Gasteiger partial charge in [-0.1, -0.05) is 65.7 Å². The van der Waals surface area contributed by atoms with Crippen molar-refractivity contribution in [2.24, 2.45) is 0 Å². The summed E-state index contributed by atoms with van der Waals surface area (Å²) in [4.78, 5) is 27.7. The Morgan fingerprint density at radius 1 is 0.972 bits per heavy atom. The molecule has 2 amide bonds. The van der Waals surface area contributed by atoms with Crippen molar-refractivity contribution in [3.8, 4) is 0 Å². The lowest BCUT2D eigenvalue weighted by Crippen LogP contribution is -2.50. The summed E-state index contributed by atoms with van der Waals surface area (Å²) in [5, 5.41) is 2.95. The Morgan fingerprint density at radius 2 is 1.64 bits per heavy atom. The van der Waals surface area contributed by atoms with Gasteiger partial charge in [-0.05, 0) is 56.2 Å². The highest BCUT2D eigenvalue weighted by molar-refractivity contribution is 7.92. The Kier molecular flexibility index (Phi) is 8.76. The molecule has 0 fully saturated rings. The van der Waals surface area contributed by atoms with Crippen molar-refractivity contribution in [3.05, 3.63) is 94.5 Å². The largest absolute Gasteiger partial charge is 0.357 e. The molecule has 0 aliphatic rings. The quantitative estimate of drug-likeness (QED) is 0.449. The molecule has 3 rings (SSSR count). The first-order valence-corrected chi connectivity index (χ1v) is 13.3. The number of carbonyl (C=O) groups excluding carboxylic acids is 2. The second-order valence-corrected chi connectivity index (χ2v) is 10.8. The average molecular weight is 528 g/mol. The van der Waals surface area contributed by atoms with Gasteiger partial charge in [-0.2, -0.15) is 0 Å². The van der Waals surface area contributed by atoms with Crippen LogP contribution in [0.3, 0.4) is 0 Å². The minimum atomic E-state index is -4.13. The van der Waals surface area contributed by atoms with Gasteiger partial charge in [0.2, 0.25) is 11.8 Å². The molecule has 1 unspecified atom stereocenters. The lowest BCUT2D eigenvalue weighted by molar-refractivity contribution is -0.139. The predicted molar refractivity (Wildman–Crippen MR) is 142 cm³/mol. The summed E-state index contributed by atoms with van der Waals surface area (Å²) < 4.78 is 28.6. The first-order chi connectivity index (χ1) is 17.1. The summed E-state index contributed by atoms with van der Waals surface area (Å²) in [5.74, 6) is -0.876. The Hall–Kier alpha value is -3.36. The Balaban J connectivity index is 2.07. The molecule has 0 aliphatic carbocycles. The van der Waals surface area contributed by atoms with Crippen molar-refractivity contribution < 1.29 is 18.0 Å². The standard InChI is InChI=1S/C27H30ClN3O4S/c1-19-10-8-11-22(16-19)17-30(21(3)27(33)29-4)26(32)18-31(25-15-9-14-24(28)20(25)2)36(34,35)23-12-6-5-7-13-23/h5-16,21H,17-18H2,1-4H3,(H,29,33). The number of amides is 2. The molecule has 7 nitrogen and oxygen atoms in total. The molecule has 0 aromatic heterocycles. The van der Waals surface area contributed by atoms with Crippen molar-refractivity contribution in [1.29, 1.82) is 0 Å². The third-order valence-electron chi connectivity index (χ3n) is 5.97. The van der Waals surface area contributed by atoms with E-state index in [0.717, 1.165) is 15.4 Å². The zero-order chi connectivity index (χ0) is 26.5. The number of nitrogens with one attached hydrogen (secondary N) is 1.